The van der Waals surface area contributed by atoms with Gasteiger partial charge >= 0.3 is 0 Å². The third kappa shape index (κ3) is 11.6. The third-order valence-electron chi connectivity index (χ3n) is 4.91. The molecule has 1 N–H and O–H groups in total. The van der Waals surface area contributed by atoms with E-state index in [4.69, 9.17) is 5.11 Å². The minimum atomic E-state index is 0.139. The van der Waals surface area contributed by atoms with Crippen molar-refractivity contribution in [2.24, 2.45) is 0 Å². The van der Waals surface area contributed by atoms with Crippen LogP contribution in [0.25, 0.3) is 0 Å². The minimum Gasteiger partial charge on any atom is -0.392 e. The zero-order valence-electron chi connectivity index (χ0n) is 16.0. The third-order valence-corrected chi connectivity index (χ3v) is 4.91. The summed E-state index contributed by atoms with van der Waals surface area (Å²) in [5, 5.41) is 9.03. The molecule has 0 aliphatic carbocycles. The van der Waals surface area contributed by atoms with Crippen molar-refractivity contribution >= 4 is 0 Å². The molecule has 0 amide bonds. The Morgan fingerprint density at radius 2 is 1.08 bits per heavy atom. The number of aliphatic hydroxyl groups is 1. The number of aliphatic hydroxyl groups excluding tert-OH is 1. The van der Waals surface area contributed by atoms with Crippen molar-refractivity contribution in [3.05, 3.63) is 30.1 Å². The number of unbranched alkanes of at least 4 members (excludes halogenated alkanes) is 13. The van der Waals surface area contributed by atoms with E-state index in [2.05, 4.69) is 23.9 Å². The van der Waals surface area contributed by atoms with Gasteiger partial charge in [-0.2, -0.15) is 0 Å². The lowest BCUT2D eigenvalue weighted by Gasteiger charge is -2.03. The second kappa shape index (κ2) is 15.6. The van der Waals surface area contributed by atoms with Crippen LogP contribution in [0.5, 0.6) is 0 Å². The van der Waals surface area contributed by atoms with Crippen molar-refractivity contribution in [3.63, 3.8) is 0 Å². The van der Waals surface area contributed by atoms with Gasteiger partial charge in [0.25, 0.3) is 0 Å². The van der Waals surface area contributed by atoms with Crippen LogP contribution in [0, 0.1) is 0 Å². The van der Waals surface area contributed by atoms with Gasteiger partial charge in [-0.15, -0.1) is 0 Å². The standard InChI is InChI=1S/C22H40NO/c1-2-3-4-5-6-7-8-9-10-11-12-13-14-15-18-23-19-16-22(21-24)17-20-23/h16-17,19-20,24H,2-15,18,21H2,1H3/q+1. The molecule has 0 unspecified atom stereocenters. The lowest BCUT2D eigenvalue weighted by Crippen LogP contribution is -2.32. The van der Waals surface area contributed by atoms with Crippen molar-refractivity contribution in [1.82, 2.24) is 0 Å². The Kier molecular flexibility index (Phi) is 13.8. The van der Waals surface area contributed by atoms with E-state index < -0.39 is 0 Å². The van der Waals surface area contributed by atoms with Crippen LogP contribution in [0.4, 0.5) is 0 Å². The highest BCUT2D eigenvalue weighted by Crippen LogP contribution is 2.12. The molecule has 1 heterocycles. The van der Waals surface area contributed by atoms with Crippen molar-refractivity contribution in [2.45, 2.75) is 110 Å². The quantitative estimate of drug-likeness (QED) is 0.293. The number of nitrogens with zero attached hydrogens (tertiary/aromatic N) is 1. The maximum atomic E-state index is 9.03. The first-order chi connectivity index (χ1) is 11.9. The fourth-order valence-corrected chi connectivity index (χ4v) is 3.23. The van der Waals surface area contributed by atoms with E-state index in [0.29, 0.717) is 0 Å². The zero-order chi connectivity index (χ0) is 17.3. The van der Waals surface area contributed by atoms with Crippen LogP contribution in [0.15, 0.2) is 24.5 Å². The van der Waals surface area contributed by atoms with Crippen molar-refractivity contribution in [3.8, 4) is 0 Å². The summed E-state index contributed by atoms with van der Waals surface area (Å²) in [5.74, 6) is 0. The van der Waals surface area contributed by atoms with Gasteiger partial charge in [0.05, 0.1) is 6.61 Å². The molecule has 1 rings (SSSR count). The lowest BCUT2D eigenvalue weighted by atomic mass is 10.0. The summed E-state index contributed by atoms with van der Waals surface area (Å²) in [7, 11) is 0. The average Bonchev–Trinajstić information content (AvgIpc) is 2.62. The first kappa shape index (κ1) is 21.2. The maximum absolute atomic E-state index is 9.03. The smallest absolute Gasteiger partial charge is 0.169 e. The molecule has 0 saturated heterocycles. The molecule has 138 valence electrons. The number of rotatable bonds is 16. The molecule has 2 heteroatoms. The zero-order valence-corrected chi connectivity index (χ0v) is 16.0. The van der Waals surface area contributed by atoms with Gasteiger partial charge in [-0.25, -0.2) is 4.57 Å². The van der Waals surface area contributed by atoms with Crippen LogP contribution in [-0.2, 0) is 13.2 Å². The van der Waals surface area contributed by atoms with E-state index in [1.165, 1.54) is 89.9 Å². The number of pyridine rings is 1. The predicted molar refractivity (Wildman–Crippen MR) is 103 cm³/mol. The molecule has 0 atom stereocenters. The monoisotopic (exact) mass is 334 g/mol. The van der Waals surface area contributed by atoms with E-state index in [0.717, 1.165) is 12.1 Å². The Morgan fingerprint density at radius 3 is 1.50 bits per heavy atom. The number of aryl methyl sites for hydroxylation is 1. The molecule has 24 heavy (non-hydrogen) atoms. The number of aromatic nitrogens is 1. The Balaban J connectivity index is 1.80. The largest absolute Gasteiger partial charge is 0.392 e. The highest BCUT2D eigenvalue weighted by molar-refractivity contribution is 5.04. The fourth-order valence-electron chi connectivity index (χ4n) is 3.23. The molecule has 0 aliphatic rings. The summed E-state index contributed by atoms with van der Waals surface area (Å²) >= 11 is 0. The summed E-state index contributed by atoms with van der Waals surface area (Å²) in [4.78, 5) is 0. The Morgan fingerprint density at radius 1 is 0.667 bits per heavy atom. The Labute approximate surface area is 150 Å². The van der Waals surface area contributed by atoms with Gasteiger partial charge in [0.2, 0.25) is 0 Å². The molecule has 0 saturated carbocycles. The van der Waals surface area contributed by atoms with Crippen molar-refractivity contribution in [1.29, 1.82) is 0 Å². The van der Waals surface area contributed by atoms with Gasteiger partial charge in [-0.3, -0.25) is 0 Å². The van der Waals surface area contributed by atoms with E-state index in [1.54, 1.807) is 0 Å². The predicted octanol–water partition coefficient (Wildman–Crippen LogP) is 5.95. The molecule has 0 spiro atoms. The van der Waals surface area contributed by atoms with E-state index >= 15 is 0 Å². The van der Waals surface area contributed by atoms with Crippen LogP contribution in [-0.4, -0.2) is 5.11 Å². The van der Waals surface area contributed by atoms with Crippen LogP contribution in [0.1, 0.15) is 102 Å². The van der Waals surface area contributed by atoms with Crippen LogP contribution >= 0.6 is 0 Å². The maximum Gasteiger partial charge on any atom is 0.169 e. The fraction of sp³-hybridized carbons (Fsp3) is 0.773. The van der Waals surface area contributed by atoms with Crippen molar-refractivity contribution < 1.29 is 9.67 Å². The lowest BCUT2D eigenvalue weighted by molar-refractivity contribution is -0.697. The topological polar surface area (TPSA) is 24.1 Å². The Bertz CT molecular complexity index is 374. The summed E-state index contributed by atoms with van der Waals surface area (Å²) in [6, 6.07) is 4.01. The van der Waals surface area contributed by atoms with Crippen LogP contribution < -0.4 is 4.57 Å². The molecule has 0 fully saturated rings. The number of hydrogen-bond donors (Lipinski definition) is 1. The second-order valence-corrected chi connectivity index (χ2v) is 7.20. The highest BCUT2D eigenvalue weighted by Gasteiger charge is 2.00. The van der Waals surface area contributed by atoms with Gasteiger partial charge < -0.3 is 5.11 Å². The first-order valence-corrected chi connectivity index (χ1v) is 10.5. The Hall–Kier alpha value is -0.890. The number of hydrogen-bond acceptors (Lipinski definition) is 1. The normalized spacial score (nSPS) is 11.1. The molecular weight excluding hydrogens is 294 g/mol. The molecule has 1 aromatic rings. The molecule has 2 nitrogen and oxygen atoms in total. The molecule has 0 radical (unpaired) electrons. The van der Waals surface area contributed by atoms with E-state index in [1.807, 2.05) is 12.1 Å². The molecule has 0 aromatic carbocycles. The van der Waals surface area contributed by atoms with Gasteiger partial charge in [-0.1, -0.05) is 84.0 Å². The highest BCUT2D eigenvalue weighted by atomic mass is 16.3. The van der Waals surface area contributed by atoms with Gasteiger partial charge in [0.1, 0.15) is 6.54 Å². The summed E-state index contributed by atoms with van der Waals surface area (Å²) < 4.78 is 2.22. The molecule has 0 aliphatic heterocycles. The summed E-state index contributed by atoms with van der Waals surface area (Å²) in [6.45, 7) is 3.53. The van der Waals surface area contributed by atoms with Gasteiger partial charge in [0.15, 0.2) is 12.4 Å². The van der Waals surface area contributed by atoms with E-state index in [9.17, 15) is 0 Å². The second-order valence-electron chi connectivity index (χ2n) is 7.20. The van der Waals surface area contributed by atoms with Crippen molar-refractivity contribution in [2.75, 3.05) is 0 Å². The minimum absolute atomic E-state index is 0.139. The molecule has 1 aromatic heterocycles. The summed E-state index contributed by atoms with van der Waals surface area (Å²) in [6.07, 6.45) is 23.9. The molecule has 0 bridgehead atoms. The average molecular weight is 335 g/mol. The van der Waals surface area contributed by atoms with Gasteiger partial charge in [-0.05, 0) is 12.0 Å². The van der Waals surface area contributed by atoms with E-state index in [-0.39, 0.29) is 6.61 Å². The van der Waals surface area contributed by atoms with Crippen LogP contribution in [0.3, 0.4) is 0 Å². The SMILES string of the molecule is CCCCCCCCCCCCCCCC[n+]1ccc(CO)cc1. The molecular formula is C22H40NO+. The van der Waals surface area contributed by atoms with Crippen LogP contribution in [0.2, 0.25) is 0 Å². The first-order valence-electron chi connectivity index (χ1n) is 10.5. The van der Waals surface area contributed by atoms with Gasteiger partial charge in [0, 0.05) is 18.6 Å². The summed E-state index contributed by atoms with van der Waals surface area (Å²) in [5.41, 5.74) is 0.993.